The Bertz CT molecular complexity index is 1160. The van der Waals surface area contributed by atoms with Gasteiger partial charge in [0.1, 0.15) is 5.58 Å². The van der Waals surface area contributed by atoms with Gasteiger partial charge in [-0.3, -0.25) is 9.69 Å². The maximum absolute atomic E-state index is 13.0. The summed E-state index contributed by atoms with van der Waals surface area (Å²) in [6, 6.07) is 13.7. The van der Waals surface area contributed by atoms with Crippen molar-refractivity contribution in [3.8, 4) is 11.5 Å². The monoisotopic (exact) mass is 436 g/mol. The number of ether oxygens (including phenoxy) is 2. The Morgan fingerprint density at radius 2 is 1.66 bits per heavy atom. The Morgan fingerprint density at radius 1 is 1.00 bits per heavy atom. The molecule has 32 heavy (non-hydrogen) atoms. The summed E-state index contributed by atoms with van der Waals surface area (Å²) < 4.78 is 16.2. The van der Waals surface area contributed by atoms with E-state index in [2.05, 4.69) is 17.0 Å². The van der Waals surface area contributed by atoms with Crippen LogP contribution >= 0.6 is 0 Å². The lowest BCUT2D eigenvalue weighted by Gasteiger charge is -2.34. The molecule has 1 fully saturated rings. The second-order valence-corrected chi connectivity index (χ2v) is 8.02. The van der Waals surface area contributed by atoms with Crippen LogP contribution < -0.4 is 15.1 Å². The number of methoxy groups -OCH3 is 2. The summed E-state index contributed by atoms with van der Waals surface area (Å²) in [5.41, 5.74) is 2.31. The molecule has 1 amide bonds. The number of hydrogen-bond acceptors (Lipinski definition) is 6. The summed E-state index contributed by atoms with van der Waals surface area (Å²) >= 11 is 0. The van der Waals surface area contributed by atoms with Crippen LogP contribution in [0.5, 0.6) is 11.5 Å². The highest BCUT2D eigenvalue weighted by atomic mass is 16.5. The van der Waals surface area contributed by atoms with Crippen molar-refractivity contribution in [2.24, 2.45) is 0 Å². The van der Waals surface area contributed by atoms with Gasteiger partial charge >= 0.3 is 5.63 Å². The van der Waals surface area contributed by atoms with Gasteiger partial charge in [-0.15, -0.1) is 0 Å². The first-order chi connectivity index (χ1) is 15.5. The Labute approximate surface area is 187 Å². The Hall–Kier alpha value is -3.32. The largest absolute Gasteiger partial charge is 0.493 e. The predicted octanol–water partition coefficient (Wildman–Crippen LogP) is 3.01. The summed E-state index contributed by atoms with van der Waals surface area (Å²) in [7, 11) is 3.08. The Balaban J connectivity index is 1.47. The van der Waals surface area contributed by atoms with Gasteiger partial charge in [0.2, 0.25) is 5.91 Å². The predicted molar refractivity (Wildman–Crippen MR) is 122 cm³/mol. The second-order valence-electron chi connectivity index (χ2n) is 8.02. The van der Waals surface area contributed by atoms with Crippen LogP contribution in [0.3, 0.4) is 0 Å². The van der Waals surface area contributed by atoms with Gasteiger partial charge in [0.05, 0.1) is 26.2 Å². The molecule has 0 radical (unpaired) electrons. The molecule has 168 valence electrons. The van der Waals surface area contributed by atoms with E-state index in [1.807, 2.05) is 30.0 Å². The SMILES string of the molecule is COc1cc2oc(=O)c(CC(=O)N3CCN(Cc4ccccc4)CC3)c(C)c2cc1OC. The van der Waals surface area contributed by atoms with Crippen molar-refractivity contribution in [3.63, 3.8) is 0 Å². The van der Waals surface area contributed by atoms with E-state index in [1.165, 1.54) is 12.7 Å². The van der Waals surface area contributed by atoms with Crippen molar-refractivity contribution in [1.29, 1.82) is 0 Å². The van der Waals surface area contributed by atoms with Crippen LogP contribution in [0.4, 0.5) is 0 Å². The number of rotatable bonds is 6. The third kappa shape index (κ3) is 4.48. The number of carbonyl (C=O) groups excluding carboxylic acids is 1. The van der Waals surface area contributed by atoms with Crippen LogP contribution in [0.25, 0.3) is 11.0 Å². The van der Waals surface area contributed by atoms with Crippen LogP contribution in [-0.2, 0) is 17.8 Å². The molecule has 0 aliphatic carbocycles. The van der Waals surface area contributed by atoms with Gasteiger partial charge < -0.3 is 18.8 Å². The number of hydrogen-bond donors (Lipinski definition) is 0. The smallest absolute Gasteiger partial charge is 0.340 e. The second kappa shape index (κ2) is 9.44. The number of aryl methyl sites for hydroxylation is 1. The lowest BCUT2D eigenvalue weighted by Crippen LogP contribution is -2.49. The highest BCUT2D eigenvalue weighted by molar-refractivity contribution is 5.87. The van der Waals surface area contributed by atoms with Crippen LogP contribution in [0.2, 0.25) is 0 Å². The molecule has 1 aliphatic rings. The topological polar surface area (TPSA) is 72.2 Å². The van der Waals surface area contributed by atoms with Crippen LogP contribution in [0, 0.1) is 6.92 Å². The van der Waals surface area contributed by atoms with Crippen molar-refractivity contribution in [2.75, 3.05) is 40.4 Å². The molecule has 7 heteroatoms. The zero-order valence-electron chi connectivity index (χ0n) is 18.7. The summed E-state index contributed by atoms with van der Waals surface area (Å²) in [5, 5.41) is 0.734. The molecule has 0 spiro atoms. The molecule has 2 heterocycles. The molecule has 0 saturated carbocycles. The maximum atomic E-state index is 13.0. The average molecular weight is 437 g/mol. The number of nitrogens with zero attached hydrogens (tertiary/aromatic N) is 2. The zero-order valence-corrected chi connectivity index (χ0v) is 18.7. The van der Waals surface area contributed by atoms with Crippen LogP contribution in [-0.4, -0.2) is 56.1 Å². The number of benzene rings is 2. The van der Waals surface area contributed by atoms with Gasteiger partial charge in [0, 0.05) is 44.2 Å². The Kier molecular flexibility index (Phi) is 6.46. The minimum absolute atomic E-state index is 0.0249. The number of fused-ring (bicyclic) bond motifs is 1. The van der Waals surface area contributed by atoms with E-state index in [0.29, 0.717) is 35.7 Å². The van der Waals surface area contributed by atoms with Gasteiger partial charge in [-0.05, 0) is 24.1 Å². The first kappa shape index (κ1) is 21.9. The first-order valence-corrected chi connectivity index (χ1v) is 10.7. The van der Waals surface area contributed by atoms with Gasteiger partial charge in [0.25, 0.3) is 0 Å². The zero-order chi connectivity index (χ0) is 22.7. The van der Waals surface area contributed by atoms with Crippen molar-refractivity contribution < 1.29 is 18.7 Å². The van der Waals surface area contributed by atoms with Crippen LogP contribution in [0.15, 0.2) is 51.7 Å². The fourth-order valence-electron chi connectivity index (χ4n) is 4.18. The summed E-state index contributed by atoms with van der Waals surface area (Å²) in [4.78, 5) is 29.8. The highest BCUT2D eigenvalue weighted by Gasteiger charge is 2.24. The van der Waals surface area contributed by atoms with E-state index < -0.39 is 5.63 Å². The third-order valence-corrected chi connectivity index (χ3v) is 6.09. The molecule has 0 unspecified atom stereocenters. The highest BCUT2D eigenvalue weighted by Crippen LogP contribution is 2.33. The maximum Gasteiger partial charge on any atom is 0.340 e. The number of amides is 1. The fourth-order valence-corrected chi connectivity index (χ4v) is 4.18. The normalized spacial score (nSPS) is 14.5. The number of carbonyl (C=O) groups is 1. The molecule has 0 bridgehead atoms. The van der Waals surface area contributed by atoms with Gasteiger partial charge in [-0.2, -0.15) is 0 Å². The van der Waals surface area contributed by atoms with Crippen molar-refractivity contribution in [2.45, 2.75) is 19.9 Å². The van der Waals surface area contributed by atoms with Gasteiger partial charge in [-0.1, -0.05) is 30.3 Å². The lowest BCUT2D eigenvalue weighted by molar-refractivity contribution is -0.132. The standard InChI is InChI=1S/C25H28N2O5/c1-17-19-13-22(30-2)23(31-3)15-21(19)32-25(29)20(17)14-24(28)27-11-9-26(10-12-27)16-18-7-5-4-6-8-18/h4-8,13,15H,9-12,14,16H2,1-3H3. The van der Waals surface area contributed by atoms with Crippen molar-refractivity contribution in [1.82, 2.24) is 9.80 Å². The van der Waals surface area contributed by atoms with E-state index in [1.54, 1.807) is 19.2 Å². The van der Waals surface area contributed by atoms with E-state index in [4.69, 9.17) is 13.9 Å². The quantitative estimate of drug-likeness (QED) is 0.553. The van der Waals surface area contributed by atoms with E-state index in [0.717, 1.165) is 30.6 Å². The minimum Gasteiger partial charge on any atom is -0.493 e. The lowest BCUT2D eigenvalue weighted by atomic mass is 10.0. The van der Waals surface area contributed by atoms with Crippen LogP contribution in [0.1, 0.15) is 16.7 Å². The van der Waals surface area contributed by atoms with Gasteiger partial charge in [0.15, 0.2) is 11.5 Å². The summed E-state index contributed by atoms with van der Waals surface area (Å²) in [5.74, 6) is 0.975. The van der Waals surface area contributed by atoms with Gasteiger partial charge in [-0.25, -0.2) is 4.79 Å². The molecular formula is C25H28N2O5. The molecule has 2 aromatic carbocycles. The molecule has 7 nitrogen and oxygen atoms in total. The van der Waals surface area contributed by atoms with Crippen molar-refractivity contribution in [3.05, 3.63) is 69.6 Å². The molecule has 4 rings (SSSR count). The van der Waals surface area contributed by atoms with Crippen molar-refractivity contribution >= 4 is 16.9 Å². The molecule has 0 atom stereocenters. The molecule has 1 aromatic heterocycles. The Morgan fingerprint density at radius 3 is 2.31 bits per heavy atom. The van der Waals surface area contributed by atoms with E-state index in [-0.39, 0.29) is 12.3 Å². The van der Waals surface area contributed by atoms with E-state index in [9.17, 15) is 9.59 Å². The molecule has 1 saturated heterocycles. The molecular weight excluding hydrogens is 408 g/mol. The average Bonchev–Trinajstić information content (AvgIpc) is 2.82. The molecule has 3 aromatic rings. The fraction of sp³-hybridized carbons (Fsp3) is 0.360. The minimum atomic E-state index is -0.488. The van der Waals surface area contributed by atoms with E-state index >= 15 is 0 Å². The first-order valence-electron chi connectivity index (χ1n) is 10.7. The third-order valence-electron chi connectivity index (χ3n) is 6.09. The summed E-state index contributed by atoms with van der Waals surface area (Å²) in [6.45, 7) is 5.63. The number of piperazine rings is 1. The molecule has 1 aliphatic heterocycles. The summed E-state index contributed by atoms with van der Waals surface area (Å²) in [6.07, 6.45) is 0.0249. The molecule has 0 N–H and O–H groups in total.